The zero-order chi connectivity index (χ0) is 23.8. The molecule has 1 amide bonds. The molecule has 1 atom stereocenters. The minimum absolute atomic E-state index is 0.106. The van der Waals surface area contributed by atoms with Crippen molar-refractivity contribution in [3.63, 3.8) is 0 Å². The average Bonchev–Trinajstić information content (AvgIpc) is 2.86. The summed E-state index contributed by atoms with van der Waals surface area (Å²) in [5, 5.41) is 2.97. The lowest BCUT2D eigenvalue weighted by Gasteiger charge is -2.31. The highest BCUT2D eigenvalue weighted by Gasteiger charge is 2.32. The Balaban J connectivity index is 1.28. The van der Waals surface area contributed by atoms with Crippen LogP contribution in [0.4, 0.5) is 5.69 Å². The molecular formula is C27H31N3O3S. The highest BCUT2D eigenvalue weighted by atomic mass is 32.2. The van der Waals surface area contributed by atoms with E-state index in [1.54, 1.807) is 12.4 Å². The molecule has 0 saturated carbocycles. The molecule has 2 aromatic carbocycles. The molecule has 1 N–H and O–H groups in total. The van der Waals surface area contributed by atoms with Crippen LogP contribution in [-0.4, -0.2) is 42.5 Å². The van der Waals surface area contributed by atoms with Crippen LogP contribution in [0.1, 0.15) is 36.0 Å². The minimum Gasteiger partial charge on any atom is -0.326 e. The van der Waals surface area contributed by atoms with E-state index in [-0.39, 0.29) is 24.1 Å². The SMILES string of the molecule is O=C(Nc1ccc(Cc2ccncc2)cc1)[C@@H]1CCCN(S(=O)(=O)CCCc2ccccc2)C1. The van der Waals surface area contributed by atoms with Crippen molar-refractivity contribution in [2.75, 3.05) is 24.2 Å². The van der Waals surface area contributed by atoms with E-state index in [4.69, 9.17) is 0 Å². The second kappa shape index (κ2) is 11.4. The summed E-state index contributed by atoms with van der Waals surface area (Å²) in [6.07, 6.45) is 7.06. The molecule has 1 aliphatic heterocycles. The van der Waals surface area contributed by atoms with E-state index >= 15 is 0 Å². The maximum Gasteiger partial charge on any atom is 0.228 e. The number of rotatable bonds is 9. The van der Waals surface area contributed by atoms with Gasteiger partial charge in [0.25, 0.3) is 0 Å². The number of pyridine rings is 1. The van der Waals surface area contributed by atoms with Gasteiger partial charge in [-0.3, -0.25) is 9.78 Å². The average molecular weight is 478 g/mol. The molecule has 1 aromatic heterocycles. The number of piperidine rings is 1. The third kappa shape index (κ3) is 6.74. The zero-order valence-corrected chi connectivity index (χ0v) is 20.1. The van der Waals surface area contributed by atoms with Gasteiger partial charge in [-0.1, -0.05) is 42.5 Å². The van der Waals surface area contributed by atoms with Gasteiger partial charge in [0.1, 0.15) is 0 Å². The Bertz CT molecular complexity index is 1170. The second-order valence-corrected chi connectivity index (χ2v) is 10.9. The number of aryl methyl sites for hydroxylation is 1. The van der Waals surface area contributed by atoms with Crippen LogP contribution in [0.2, 0.25) is 0 Å². The first-order chi connectivity index (χ1) is 16.5. The molecule has 0 unspecified atom stereocenters. The third-order valence-electron chi connectivity index (χ3n) is 6.24. The van der Waals surface area contributed by atoms with Crippen molar-refractivity contribution in [2.24, 2.45) is 5.92 Å². The van der Waals surface area contributed by atoms with Gasteiger partial charge in [0, 0.05) is 31.2 Å². The van der Waals surface area contributed by atoms with Gasteiger partial charge in [0.2, 0.25) is 15.9 Å². The van der Waals surface area contributed by atoms with Crippen molar-refractivity contribution in [1.29, 1.82) is 0 Å². The molecule has 4 rings (SSSR count). The normalized spacial score (nSPS) is 16.8. The lowest BCUT2D eigenvalue weighted by molar-refractivity contribution is -0.120. The van der Waals surface area contributed by atoms with Crippen molar-refractivity contribution < 1.29 is 13.2 Å². The number of hydrogen-bond donors (Lipinski definition) is 1. The zero-order valence-electron chi connectivity index (χ0n) is 19.3. The number of amides is 1. The van der Waals surface area contributed by atoms with Crippen LogP contribution in [-0.2, 0) is 27.7 Å². The smallest absolute Gasteiger partial charge is 0.228 e. The summed E-state index contributed by atoms with van der Waals surface area (Å²) >= 11 is 0. The molecule has 1 fully saturated rings. The van der Waals surface area contributed by atoms with E-state index in [2.05, 4.69) is 10.3 Å². The first-order valence-electron chi connectivity index (χ1n) is 11.8. The Hall–Kier alpha value is -3.03. The molecule has 3 aromatic rings. The lowest BCUT2D eigenvalue weighted by Crippen LogP contribution is -2.44. The molecule has 2 heterocycles. The van der Waals surface area contributed by atoms with E-state index in [1.165, 1.54) is 9.87 Å². The van der Waals surface area contributed by atoms with Crippen molar-refractivity contribution >= 4 is 21.6 Å². The van der Waals surface area contributed by atoms with Gasteiger partial charge in [0.15, 0.2) is 0 Å². The topological polar surface area (TPSA) is 79.4 Å². The van der Waals surface area contributed by atoms with Gasteiger partial charge in [0.05, 0.1) is 11.7 Å². The Morgan fingerprint density at radius 2 is 1.65 bits per heavy atom. The van der Waals surface area contributed by atoms with Crippen LogP contribution in [0, 0.1) is 5.92 Å². The summed E-state index contributed by atoms with van der Waals surface area (Å²) in [6, 6.07) is 21.7. The highest BCUT2D eigenvalue weighted by Crippen LogP contribution is 2.22. The maximum absolute atomic E-state index is 12.9. The first kappa shape index (κ1) is 24.1. The van der Waals surface area contributed by atoms with E-state index in [1.807, 2.05) is 66.7 Å². The van der Waals surface area contributed by atoms with E-state index < -0.39 is 10.0 Å². The number of aromatic nitrogens is 1. The third-order valence-corrected chi connectivity index (χ3v) is 8.16. The van der Waals surface area contributed by atoms with Gasteiger partial charge < -0.3 is 5.32 Å². The fraction of sp³-hybridized carbons (Fsp3) is 0.333. The number of benzene rings is 2. The van der Waals surface area contributed by atoms with Crippen LogP contribution in [0.3, 0.4) is 0 Å². The molecular weight excluding hydrogens is 446 g/mol. The Labute approximate surface area is 202 Å². The van der Waals surface area contributed by atoms with Gasteiger partial charge >= 0.3 is 0 Å². The van der Waals surface area contributed by atoms with Crippen molar-refractivity contribution in [3.8, 4) is 0 Å². The number of nitrogens with zero attached hydrogens (tertiary/aromatic N) is 2. The summed E-state index contributed by atoms with van der Waals surface area (Å²) in [4.78, 5) is 16.9. The molecule has 178 valence electrons. The molecule has 7 heteroatoms. The van der Waals surface area contributed by atoms with Crippen molar-refractivity contribution in [2.45, 2.75) is 32.1 Å². The number of hydrogen-bond acceptors (Lipinski definition) is 4. The summed E-state index contributed by atoms with van der Waals surface area (Å²) in [5.74, 6) is -0.352. The summed E-state index contributed by atoms with van der Waals surface area (Å²) in [7, 11) is -3.38. The molecule has 6 nitrogen and oxygen atoms in total. The van der Waals surface area contributed by atoms with Gasteiger partial charge in [-0.25, -0.2) is 12.7 Å². The van der Waals surface area contributed by atoms with Crippen molar-refractivity contribution in [3.05, 3.63) is 95.8 Å². The number of nitrogens with one attached hydrogen (secondary N) is 1. The number of carbonyl (C=O) groups is 1. The standard InChI is InChI=1S/C27H31N3O3S/c31-27(29-26-12-10-23(11-13-26)20-24-14-16-28-17-15-24)25-9-4-18-30(21-25)34(32,33)19-5-8-22-6-2-1-3-7-22/h1-3,6-7,10-17,25H,4-5,8-9,18-21H2,(H,29,31)/t25-/m1/s1. The Morgan fingerprint density at radius 1 is 0.941 bits per heavy atom. The molecule has 0 aliphatic carbocycles. The lowest BCUT2D eigenvalue weighted by atomic mass is 9.98. The van der Waals surface area contributed by atoms with Crippen LogP contribution < -0.4 is 5.32 Å². The van der Waals surface area contributed by atoms with Gasteiger partial charge in [-0.15, -0.1) is 0 Å². The van der Waals surface area contributed by atoms with Gasteiger partial charge in [-0.2, -0.15) is 0 Å². The molecule has 0 bridgehead atoms. The molecule has 34 heavy (non-hydrogen) atoms. The Morgan fingerprint density at radius 3 is 2.38 bits per heavy atom. The predicted molar refractivity (Wildman–Crippen MR) is 135 cm³/mol. The van der Waals surface area contributed by atoms with Gasteiger partial charge in [-0.05, 0) is 73.1 Å². The van der Waals surface area contributed by atoms with E-state index in [9.17, 15) is 13.2 Å². The Kier molecular flexibility index (Phi) is 8.08. The quantitative estimate of drug-likeness (QED) is 0.499. The molecule has 0 radical (unpaired) electrons. The van der Waals surface area contributed by atoms with Crippen LogP contribution in [0.15, 0.2) is 79.1 Å². The highest BCUT2D eigenvalue weighted by molar-refractivity contribution is 7.89. The summed E-state index contributed by atoms with van der Waals surface area (Å²) in [6.45, 7) is 0.737. The fourth-order valence-electron chi connectivity index (χ4n) is 4.33. The van der Waals surface area contributed by atoms with E-state index in [0.717, 1.165) is 29.7 Å². The summed E-state index contributed by atoms with van der Waals surface area (Å²) in [5.41, 5.74) is 4.19. The number of sulfonamides is 1. The second-order valence-electron chi connectivity index (χ2n) is 8.82. The van der Waals surface area contributed by atoms with Crippen LogP contribution >= 0.6 is 0 Å². The predicted octanol–water partition coefficient (Wildman–Crippen LogP) is 4.29. The maximum atomic E-state index is 12.9. The largest absolute Gasteiger partial charge is 0.326 e. The van der Waals surface area contributed by atoms with E-state index in [0.29, 0.717) is 25.8 Å². The van der Waals surface area contributed by atoms with Crippen LogP contribution in [0.5, 0.6) is 0 Å². The summed E-state index contributed by atoms with van der Waals surface area (Å²) < 4.78 is 27.3. The molecule has 1 saturated heterocycles. The number of carbonyl (C=O) groups excluding carboxylic acids is 1. The van der Waals surface area contributed by atoms with Crippen LogP contribution in [0.25, 0.3) is 0 Å². The minimum atomic E-state index is -3.38. The monoisotopic (exact) mass is 477 g/mol. The number of anilines is 1. The first-order valence-corrected chi connectivity index (χ1v) is 13.4. The molecule has 0 spiro atoms. The molecule has 1 aliphatic rings. The van der Waals surface area contributed by atoms with Crippen molar-refractivity contribution in [1.82, 2.24) is 9.29 Å². The fourth-order valence-corrected chi connectivity index (χ4v) is 5.91.